The van der Waals surface area contributed by atoms with Gasteiger partial charge in [0.2, 0.25) is 5.91 Å². The number of piperazine rings is 1. The number of carbonyl (C=O) groups is 1. The zero-order chi connectivity index (χ0) is 16.9. The number of hydrogen-bond acceptors (Lipinski definition) is 6. The number of anilines is 1. The predicted octanol–water partition coefficient (Wildman–Crippen LogP) is 2.33. The fourth-order valence-electron chi connectivity index (χ4n) is 2.75. The van der Waals surface area contributed by atoms with Gasteiger partial charge in [0.05, 0.1) is 4.92 Å². The van der Waals surface area contributed by atoms with Gasteiger partial charge in [-0.2, -0.15) is 0 Å². The van der Waals surface area contributed by atoms with Gasteiger partial charge in [0.1, 0.15) is 0 Å². The molecule has 2 aromatic rings. The fraction of sp³-hybridized carbons (Fsp3) is 0.375. The van der Waals surface area contributed by atoms with Gasteiger partial charge in [-0.05, 0) is 12.0 Å². The van der Waals surface area contributed by atoms with Gasteiger partial charge in [-0.15, -0.1) is 11.3 Å². The van der Waals surface area contributed by atoms with E-state index in [0.717, 1.165) is 23.8 Å². The molecule has 0 aliphatic carbocycles. The standard InChI is InChI=1S/C16H18N4O3S/c21-15(5-4-13-2-1-3-14(12-13)20(22)23)18-7-9-19(10-8-18)16-17-6-11-24-16/h1-3,6,11-12H,4-5,7-10H2. The molecule has 7 nitrogen and oxygen atoms in total. The number of nitro benzene ring substituents is 1. The second-order valence-corrected chi connectivity index (χ2v) is 6.48. The van der Waals surface area contributed by atoms with Crippen LogP contribution in [0.4, 0.5) is 10.8 Å². The van der Waals surface area contributed by atoms with Crippen molar-refractivity contribution in [1.29, 1.82) is 0 Å². The zero-order valence-corrected chi connectivity index (χ0v) is 13.9. The van der Waals surface area contributed by atoms with Crippen LogP contribution in [0.3, 0.4) is 0 Å². The molecule has 1 amide bonds. The third-order valence-electron chi connectivity index (χ3n) is 4.07. The topological polar surface area (TPSA) is 79.6 Å². The summed E-state index contributed by atoms with van der Waals surface area (Å²) >= 11 is 1.61. The first-order valence-corrected chi connectivity index (χ1v) is 8.67. The van der Waals surface area contributed by atoms with Crippen LogP contribution < -0.4 is 4.90 Å². The van der Waals surface area contributed by atoms with Crippen molar-refractivity contribution in [3.05, 3.63) is 51.5 Å². The van der Waals surface area contributed by atoms with E-state index >= 15 is 0 Å². The SMILES string of the molecule is O=C(CCc1cccc([N+](=O)[O-])c1)N1CCN(c2nccs2)CC1. The largest absolute Gasteiger partial charge is 0.345 e. The van der Waals surface area contributed by atoms with E-state index in [1.807, 2.05) is 16.3 Å². The molecular weight excluding hydrogens is 328 g/mol. The van der Waals surface area contributed by atoms with Crippen LogP contribution in [0.5, 0.6) is 0 Å². The molecule has 8 heteroatoms. The highest BCUT2D eigenvalue weighted by molar-refractivity contribution is 7.13. The summed E-state index contributed by atoms with van der Waals surface area (Å²) in [5.74, 6) is 0.0975. The van der Waals surface area contributed by atoms with Crippen LogP contribution in [0.1, 0.15) is 12.0 Å². The maximum absolute atomic E-state index is 12.3. The van der Waals surface area contributed by atoms with Gasteiger partial charge >= 0.3 is 0 Å². The number of rotatable bonds is 5. The molecule has 0 N–H and O–H groups in total. The first-order valence-electron chi connectivity index (χ1n) is 7.79. The Labute approximate surface area is 143 Å². The van der Waals surface area contributed by atoms with E-state index in [2.05, 4.69) is 9.88 Å². The molecule has 1 aromatic carbocycles. The van der Waals surface area contributed by atoms with E-state index in [0.29, 0.717) is 25.9 Å². The average Bonchev–Trinajstić information content (AvgIpc) is 3.14. The number of nitrogens with zero attached hydrogens (tertiary/aromatic N) is 4. The van der Waals surface area contributed by atoms with E-state index in [9.17, 15) is 14.9 Å². The molecule has 0 spiro atoms. The lowest BCUT2D eigenvalue weighted by molar-refractivity contribution is -0.384. The molecule has 1 aliphatic rings. The van der Waals surface area contributed by atoms with Gasteiger partial charge in [0.25, 0.3) is 5.69 Å². The number of carbonyl (C=O) groups excluding carboxylic acids is 1. The van der Waals surface area contributed by atoms with E-state index in [-0.39, 0.29) is 11.6 Å². The molecule has 0 saturated carbocycles. The molecule has 24 heavy (non-hydrogen) atoms. The molecule has 0 unspecified atom stereocenters. The quantitative estimate of drug-likeness (QED) is 0.613. The number of benzene rings is 1. The Bertz CT molecular complexity index is 712. The second kappa shape index (κ2) is 7.39. The maximum atomic E-state index is 12.3. The predicted molar refractivity (Wildman–Crippen MR) is 92.3 cm³/mol. The highest BCUT2D eigenvalue weighted by atomic mass is 32.1. The van der Waals surface area contributed by atoms with Crippen molar-refractivity contribution in [2.45, 2.75) is 12.8 Å². The maximum Gasteiger partial charge on any atom is 0.269 e. The number of aromatic nitrogens is 1. The minimum Gasteiger partial charge on any atom is -0.345 e. The van der Waals surface area contributed by atoms with Gasteiger partial charge in [-0.3, -0.25) is 14.9 Å². The lowest BCUT2D eigenvalue weighted by Crippen LogP contribution is -2.48. The fourth-order valence-corrected chi connectivity index (χ4v) is 3.45. The Hall–Kier alpha value is -2.48. The summed E-state index contributed by atoms with van der Waals surface area (Å²) in [4.78, 5) is 31.1. The van der Waals surface area contributed by atoms with E-state index in [1.54, 1.807) is 23.6 Å². The van der Waals surface area contributed by atoms with Crippen molar-refractivity contribution >= 4 is 28.1 Å². The summed E-state index contributed by atoms with van der Waals surface area (Å²) in [6, 6.07) is 6.47. The Morgan fingerprint density at radius 1 is 1.29 bits per heavy atom. The molecule has 2 heterocycles. The molecule has 3 rings (SSSR count). The summed E-state index contributed by atoms with van der Waals surface area (Å²) in [7, 11) is 0. The molecule has 1 aromatic heterocycles. The van der Waals surface area contributed by atoms with Crippen molar-refractivity contribution < 1.29 is 9.72 Å². The van der Waals surface area contributed by atoms with Gasteiger partial charge in [-0.1, -0.05) is 12.1 Å². The molecule has 0 atom stereocenters. The molecular formula is C16H18N4O3S. The van der Waals surface area contributed by atoms with Crippen molar-refractivity contribution in [2.75, 3.05) is 31.1 Å². The van der Waals surface area contributed by atoms with Crippen LogP contribution in [-0.4, -0.2) is 46.9 Å². The normalized spacial score (nSPS) is 14.7. The Morgan fingerprint density at radius 3 is 2.75 bits per heavy atom. The van der Waals surface area contributed by atoms with E-state index in [1.165, 1.54) is 12.1 Å². The monoisotopic (exact) mass is 346 g/mol. The van der Waals surface area contributed by atoms with Crippen LogP contribution in [-0.2, 0) is 11.2 Å². The number of thiazole rings is 1. The highest BCUT2D eigenvalue weighted by Gasteiger charge is 2.22. The minimum absolute atomic E-state index is 0.0667. The van der Waals surface area contributed by atoms with Crippen LogP contribution in [0.15, 0.2) is 35.8 Å². The number of hydrogen-bond donors (Lipinski definition) is 0. The molecule has 0 radical (unpaired) electrons. The van der Waals surface area contributed by atoms with Crippen molar-refractivity contribution in [2.24, 2.45) is 0 Å². The van der Waals surface area contributed by atoms with Crippen LogP contribution in [0, 0.1) is 10.1 Å². The number of non-ortho nitro benzene ring substituents is 1. The smallest absolute Gasteiger partial charge is 0.269 e. The van der Waals surface area contributed by atoms with E-state index < -0.39 is 4.92 Å². The lowest BCUT2D eigenvalue weighted by atomic mass is 10.1. The van der Waals surface area contributed by atoms with Gasteiger partial charge < -0.3 is 9.80 Å². The van der Waals surface area contributed by atoms with Crippen LogP contribution >= 0.6 is 11.3 Å². The molecule has 1 fully saturated rings. The van der Waals surface area contributed by atoms with Crippen molar-refractivity contribution in [3.63, 3.8) is 0 Å². The summed E-state index contributed by atoms with van der Waals surface area (Å²) in [5, 5.41) is 13.7. The Morgan fingerprint density at radius 2 is 2.08 bits per heavy atom. The Kier molecular flexibility index (Phi) is 5.05. The van der Waals surface area contributed by atoms with Gasteiger partial charge in [0.15, 0.2) is 5.13 Å². The average molecular weight is 346 g/mol. The molecule has 126 valence electrons. The Balaban J connectivity index is 1.49. The second-order valence-electron chi connectivity index (χ2n) is 5.61. The molecule has 0 bridgehead atoms. The number of aryl methyl sites for hydroxylation is 1. The van der Waals surface area contributed by atoms with Gasteiger partial charge in [0, 0.05) is 56.3 Å². The summed E-state index contributed by atoms with van der Waals surface area (Å²) in [6.45, 7) is 2.95. The highest BCUT2D eigenvalue weighted by Crippen LogP contribution is 2.19. The van der Waals surface area contributed by atoms with Crippen molar-refractivity contribution in [3.8, 4) is 0 Å². The van der Waals surface area contributed by atoms with Crippen molar-refractivity contribution in [1.82, 2.24) is 9.88 Å². The third-order valence-corrected chi connectivity index (χ3v) is 4.90. The number of amides is 1. The van der Waals surface area contributed by atoms with Crippen LogP contribution in [0.2, 0.25) is 0 Å². The van der Waals surface area contributed by atoms with Crippen LogP contribution in [0.25, 0.3) is 0 Å². The molecule has 1 aliphatic heterocycles. The third kappa shape index (κ3) is 3.88. The molecule has 1 saturated heterocycles. The first-order chi connectivity index (χ1) is 11.6. The summed E-state index contributed by atoms with van der Waals surface area (Å²) < 4.78 is 0. The van der Waals surface area contributed by atoms with E-state index in [4.69, 9.17) is 0 Å². The summed E-state index contributed by atoms with van der Waals surface area (Å²) in [6.07, 6.45) is 2.68. The zero-order valence-electron chi connectivity index (χ0n) is 13.1. The first kappa shape index (κ1) is 16.4. The summed E-state index contributed by atoms with van der Waals surface area (Å²) in [5.41, 5.74) is 0.885. The number of nitro groups is 1. The minimum atomic E-state index is -0.414. The van der Waals surface area contributed by atoms with Gasteiger partial charge in [-0.25, -0.2) is 4.98 Å². The lowest BCUT2D eigenvalue weighted by Gasteiger charge is -2.34.